The molecule has 0 aromatic carbocycles. The maximum Gasteiger partial charge on any atom is 0.470 e. The van der Waals surface area contributed by atoms with Crippen LogP contribution in [0.2, 0.25) is 0 Å². The van der Waals surface area contributed by atoms with Gasteiger partial charge < -0.3 is 5.73 Å². The fourth-order valence-electron chi connectivity index (χ4n) is 0.898. The molecule has 16 heavy (non-hydrogen) atoms. The molecule has 0 atom stereocenters. The molecule has 0 saturated carbocycles. The summed E-state index contributed by atoms with van der Waals surface area (Å²) in [6, 6.07) is 4.36. The van der Waals surface area contributed by atoms with Crippen molar-refractivity contribution in [3.63, 3.8) is 0 Å². The van der Waals surface area contributed by atoms with Crippen LogP contribution in [-0.4, -0.2) is 20.5 Å². The van der Waals surface area contributed by atoms with Crippen LogP contribution in [0.25, 0.3) is 0 Å². The third-order valence-electron chi connectivity index (χ3n) is 2.15. The molecule has 1 aromatic rings. The minimum Gasteiger partial charge on any atom is -0.362 e. The fourth-order valence-corrected chi connectivity index (χ4v) is 2.24. The van der Waals surface area contributed by atoms with E-state index in [1.54, 1.807) is 5.17 Å². The lowest BCUT2D eigenvalue weighted by atomic mass is 10.3. The number of aryl methyl sites for hydroxylation is 2. The Morgan fingerprint density at radius 3 is 2.06 bits per heavy atom. The van der Waals surface area contributed by atoms with Gasteiger partial charge in [-0.1, -0.05) is 35.1 Å². The average Bonchev–Trinajstić information content (AvgIpc) is 2.13. The van der Waals surface area contributed by atoms with E-state index in [1.165, 1.54) is 5.56 Å². The first kappa shape index (κ1) is 14.8. The molecule has 90 valence electrons. The third-order valence-corrected chi connectivity index (χ3v) is 4.42. The van der Waals surface area contributed by atoms with Crippen LogP contribution in [0.1, 0.15) is 10.7 Å². The second-order valence-electron chi connectivity index (χ2n) is 3.38. The summed E-state index contributed by atoms with van der Waals surface area (Å²) in [5.74, 6) is -2.26. The smallest absolute Gasteiger partial charge is 0.362 e. The van der Waals surface area contributed by atoms with E-state index in [0.29, 0.717) is 0 Å². The summed E-state index contributed by atoms with van der Waals surface area (Å²) in [6.07, 6.45) is -4.86. The topological polar surface area (TPSA) is 43.1 Å². The van der Waals surface area contributed by atoms with Crippen molar-refractivity contribution in [1.82, 2.24) is 0 Å². The molecule has 0 aliphatic heterocycles. The Hall–Kier alpha value is -1.17. The molecule has 0 saturated heterocycles. The summed E-state index contributed by atoms with van der Waals surface area (Å²) in [5, 5.41) is 1.60. The van der Waals surface area contributed by atoms with Crippen LogP contribution in [-0.2, 0) is 11.3 Å². The second kappa shape index (κ2) is 5.79. The molecule has 2 nitrogen and oxygen atoms in total. The van der Waals surface area contributed by atoms with Crippen molar-refractivity contribution < 1.29 is 18.0 Å². The van der Waals surface area contributed by atoms with Crippen molar-refractivity contribution in [3.05, 3.63) is 28.5 Å². The monoisotopic (exact) mass is 249 g/mol. The number of primary amides is 1. The van der Waals surface area contributed by atoms with E-state index in [0.717, 1.165) is 0 Å². The van der Waals surface area contributed by atoms with Gasteiger partial charge in [-0.15, -0.1) is 0 Å². The van der Waals surface area contributed by atoms with E-state index in [4.69, 9.17) is 4.79 Å². The maximum atomic E-state index is 10.7. The zero-order valence-electron chi connectivity index (χ0n) is 9.35. The number of nitrogens with two attached hydrogens (primary N) is 1. The standard InChI is InChI=1S/C8H12Si.C2H2F3NO/c1-7-5-4-6-9(3)8(7)2;3-2(4,5)1(6)7/h4-6H,1-3H3;(H2,6,7). The summed E-state index contributed by atoms with van der Waals surface area (Å²) in [4.78, 5) is 9.12. The number of carbonyl (C=O) groups is 1. The van der Waals surface area contributed by atoms with Crippen LogP contribution in [0, 0.1) is 13.8 Å². The van der Waals surface area contributed by atoms with E-state index in [1.807, 2.05) is 0 Å². The first-order valence-corrected chi connectivity index (χ1v) is 6.63. The molecule has 1 amide bonds. The lowest BCUT2D eigenvalue weighted by molar-refractivity contribution is -0.169. The van der Waals surface area contributed by atoms with Crippen molar-refractivity contribution in [1.29, 1.82) is 0 Å². The van der Waals surface area contributed by atoms with Gasteiger partial charge in [0.25, 0.3) is 0 Å². The summed E-state index contributed by atoms with van der Waals surface area (Å²) >= 11 is 0. The molecule has 2 N–H and O–H groups in total. The minimum absolute atomic E-state index is 0.252. The summed E-state index contributed by atoms with van der Waals surface area (Å²) in [5.41, 5.74) is 7.60. The van der Waals surface area contributed by atoms with Crippen LogP contribution in [0.15, 0.2) is 17.8 Å². The van der Waals surface area contributed by atoms with Crippen molar-refractivity contribution in [2.75, 3.05) is 0 Å². The number of amides is 1. The molecule has 6 heteroatoms. The van der Waals surface area contributed by atoms with E-state index in [2.05, 4.69) is 43.9 Å². The van der Waals surface area contributed by atoms with Crippen LogP contribution < -0.4 is 5.73 Å². The van der Waals surface area contributed by atoms with Gasteiger partial charge in [0, 0.05) is 8.40 Å². The van der Waals surface area contributed by atoms with Crippen molar-refractivity contribution in [3.8, 4) is 0 Å². The number of alkyl halides is 3. The Morgan fingerprint density at radius 1 is 1.38 bits per heavy atom. The quantitative estimate of drug-likeness (QED) is 0.701. The summed E-state index contributed by atoms with van der Waals surface area (Å²) in [6.45, 7) is 6.75. The summed E-state index contributed by atoms with van der Waals surface area (Å²) < 4.78 is 32.1. The first-order valence-electron chi connectivity index (χ1n) is 4.55. The molecule has 1 heterocycles. The normalized spacial score (nSPS) is 10.4. The fraction of sp³-hybridized carbons (Fsp3) is 0.400. The van der Waals surface area contributed by atoms with Crippen molar-refractivity contribution in [2.45, 2.75) is 20.0 Å². The van der Waals surface area contributed by atoms with Gasteiger partial charge in [0.2, 0.25) is 0 Å². The zero-order valence-corrected chi connectivity index (χ0v) is 10.4. The highest BCUT2D eigenvalue weighted by Gasteiger charge is 2.35. The SMILES string of the molecule is Cc1ccc[si](C)c1C.NC(=O)C(F)(F)F. The van der Waals surface area contributed by atoms with Gasteiger partial charge in [0.15, 0.2) is 0 Å². The van der Waals surface area contributed by atoms with Gasteiger partial charge >= 0.3 is 12.1 Å². The minimum atomic E-state index is -4.86. The number of carbonyl (C=O) groups excluding carboxylic acids is 1. The van der Waals surface area contributed by atoms with Gasteiger partial charge in [0.1, 0.15) is 0 Å². The Balaban J connectivity index is 0.000000293. The molecule has 0 aliphatic rings. The molecule has 0 fully saturated rings. The Labute approximate surface area is 93.8 Å². The van der Waals surface area contributed by atoms with Gasteiger partial charge in [0.05, 0.1) is 0 Å². The molecule has 0 bridgehead atoms. The van der Waals surface area contributed by atoms with E-state index < -0.39 is 12.1 Å². The van der Waals surface area contributed by atoms with Gasteiger partial charge in [-0.25, -0.2) is 0 Å². The van der Waals surface area contributed by atoms with Crippen molar-refractivity contribution >= 4 is 14.3 Å². The molecule has 1 rings (SSSR count). The predicted octanol–water partition coefficient (Wildman–Crippen LogP) is 1.90. The number of halogens is 3. The average molecular weight is 249 g/mol. The lowest BCUT2D eigenvalue weighted by Gasteiger charge is -2.00. The molecule has 0 aliphatic carbocycles. The van der Waals surface area contributed by atoms with E-state index >= 15 is 0 Å². The molecule has 0 spiro atoms. The Morgan fingerprint density at radius 2 is 1.81 bits per heavy atom. The van der Waals surface area contributed by atoms with Crippen molar-refractivity contribution in [2.24, 2.45) is 12.3 Å². The van der Waals surface area contributed by atoms with Crippen LogP contribution in [0.4, 0.5) is 13.2 Å². The first-order chi connectivity index (χ1) is 7.16. The van der Waals surface area contributed by atoms with Gasteiger partial charge in [-0.2, -0.15) is 13.2 Å². The number of rotatable bonds is 0. The highest BCUT2D eigenvalue weighted by molar-refractivity contribution is 6.50. The lowest BCUT2D eigenvalue weighted by Crippen LogP contribution is -2.30. The summed E-state index contributed by atoms with van der Waals surface area (Å²) in [7, 11) is -0.252. The number of hydrogen-bond acceptors (Lipinski definition) is 1. The van der Waals surface area contributed by atoms with Crippen LogP contribution in [0.3, 0.4) is 0 Å². The highest BCUT2D eigenvalue weighted by atomic mass is 28.2. The molecular formula is C10H14F3NOSi. The van der Waals surface area contributed by atoms with Gasteiger partial charge in [-0.05, 0) is 13.8 Å². The second-order valence-corrected chi connectivity index (χ2v) is 5.83. The maximum absolute atomic E-state index is 10.7. The zero-order chi connectivity index (χ0) is 12.9. The van der Waals surface area contributed by atoms with E-state index in [9.17, 15) is 13.2 Å². The van der Waals surface area contributed by atoms with Crippen LogP contribution in [0.5, 0.6) is 0 Å². The highest BCUT2D eigenvalue weighted by Crippen LogP contribution is 2.11. The largest absolute Gasteiger partial charge is 0.470 e. The molecule has 1 aromatic heterocycles. The molecular weight excluding hydrogens is 235 g/mol. The Kier molecular flexibility index (Phi) is 5.36. The molecule has 0 unspecified atom stereocenters. The van der Waals surface area contributed by atoms with E-state index in [-0.39, 0.29) is 8.40 Å². The van der Waals surface area contributed by atoms with Crippen LogP contribution >= 0.6 is 0 Å². The van der Waals surface area contributed by atoms with Gasteiger partial charge in [-0.3, -0.25) is 4.79 Å². The third kappa shape index (κ3) is 5.06. The predicted molar refractivity (Wildman–Crippen MR) is 58.1 cm³/mol. The Bertz CT molecular complexity index is 357. The number of hydrogen-bond donors (Lipinski definition) is 1. The molecule has 0 radical (unpaired) electrons.